The van der Waals surface area contributed by atoms with Crippen LogP contribution in [0.4, 0.5) is 0 Å². The predicted molar refractivity (Wildman–Crippen MR) is 80.6 cm³/mol. The number of nitrogens with one attached hydrogen (secondary N) is 1. The fourth-order valence-electron chi connectivity index (χ4n) is 2.29. The van der Waals surface area contributed by atoms with Gasteiger partial charge in [-0.3, -0.25) is 4.68 Å². The molecule has 1 unspecified atom stereocenters. The molecule has 3 nitrogen and oxygen atoms in total. The lowest BCUT2D eigenvalue weighted by Crippen LogP contribution is -2.21. The molecule has 19 heavy (non-hydrogen) atoms. The first-order valence-corrected chi connectivity index (χ1v) is 7.31. The molecule has 0 fully saturated rings. The lowest BCUT2D eigenvalue weighted by molar-refractivity contribution is 0.607. The van der Waals surface area contributed by atoms with E-state index < -0.39 is 0 Å². The van der Waals surface area contributed by atoms with Crippen LogP contribution in [0.3, 0.4) is 0 Å². The van der Waals surface area contributed by atoms with E-state index in [-0.39, 0.29) is 6.04 Å². The first kappa shape index (κ1) is 12.4. The standard InChI is InChI=1S/C15H17N3S/c1-3-16-15(12-8-9-18(2)17-12)14-10-11-6-4-5-7-13(11)19-14/h4-10,15-16H,3H2,1-2H3. The maximum Gasteiger partial charge on any atom is 0.0864 e. The fourth-order valence-corrected chi connectivity index (χ4v) is 3.44. The Hall–Kier alpha value is -1.65. The zero-order valence-electron chi connectivity index (χ0n) is 11.1. The number of aromatic nitrogens is 2. The summed E-state index contributed by atoms with van der Waals surface area (Å²) in [6, 6.07) is 13.0. The number of thiophene rings is 1. The smallest absolute Gasteiger partial charge is 0.0864 e. The highest BCUT2D eigenvalue weighted by molar-refractivity contribution is 7.19. The molecule has 0 aliphatic carbocycles. The van der Waals surface area contributed by atoms with Crippen LogP contribution >= 0.6 is 11.3 Å². The van der Waals surface area contributed by atoms with Gasteiger partial charge in [-0.15, -0.1) is 11.3 Å². The molecule has 0 amide bonds. The van der Waals surface area contributed by atoms with E-state index in [9.17, 15) is 0 Å². The number of aryl methyl sites for hydroxylation is 1. The van der Waals surface area contributed by atoms with Crippen molar-refractivity contribution in [2.75, 3.05) is 6.54 Å². The van der Waals surface area contributed by atoms with Crippen molar-refractivity contribution in [2.24, 2.45) is 7.05 Å². The summed E-state index contributed by atoms with van der Waals surface area (Å²) in [6.45, 7) is 3.05. The van der Waals surface area contributed by atoms with Gasteiger partial charge in [-0.2, -0.15) is 5.10 Å². The van der Waals surface area contributed by atoms with Gasteiger partial charge in [0, 0.05) is 22.8 Å². The summed E-state index contributed by atoms with van der Waals surface area (Å²) in [5, 5.41) is 9.37. The molecule has 2 heterocycles. The minimum absolute atomic E-state index is 0.184. The Morgan fingerprint density at radius 1 is 1.32 bits per heavy atom. The second-order valence-corrected chi connectivity index (χ2v) is 5.71. The van der Waals surface area contributed by atoms with Crippen LogP contribution in [0.5, 0.6) is 0 Å². The van der Waals surface area contributed by atoms with Gasteiger partial charge in [0.15, 0.2) is 0 Å². The van der Waals surface area contributed by atoms with Crippen LogP contribution in [0.25, 0.3) is 10.1 Å². The first-order chi connectivity index (χ1) is 9.28. The van der Waals surface area contributed by atoms with Crippen LogP contribution in [-0.2, 0) is 7.05 Å². The molecule has 0 aliphatic rings. The summed E-state index contributed by atoms with van der Waals surface area (Å²) >= 11 is 1.84. The van der Waals surface area contributed by atoms with E-state index in [1.54, 1.807) is 0 Å². The summed E-state index contributed by atoms with van der Waals surface area (Å²) in [5.41, 5.74) is 1.08. The van der Waals surface area contributed by atoms with Crippen LogP contribution < -0.4 is 5.32 Å². The molecule has 98 valence electrons. The molecule has 1 atom stereocenters. The van der Waals surface area contributed by atoms with E-state index in [0.717, 1.165) is 12.2 Å². The molecule has 3 aromatic rings. The Bertz CT molecular complexity index is 650. The molecule has 1 N–H and O–H groups in total. The van der Waals surface area contributed by atoms with E-state index in [4.69, 9.17) is 0 Å². The van der Waals surface area contributed by atoms with E-state index in [2.05, 4.69) is 53.7 Å². The zero-order chi connectivity index (χ0) is 13.2. The van der Waals surface area contributed by atoms with Crippen LogP contribution in [-0.4, -0.2) is 16.3 Å². The van der Waals surface area contributed by atoms with Gasteiger partial charge in [0.25, 0.3) is 0 Å². The van der Waals surface area contributed by atoms with Crippen molar-refractivity contribution in [1.82, 2.24) is 15.1 Å². The number of hydrogen-bond donors (Lipinski definition) is 1. The van der Waals surface area contributed by atoms with Gasteiger partial charge in [-0.05, 0) is 30.1 Å². The Labute approximate surface area is 116 Å². The summed E-state index contributed by atoms with van der Waals surface area (Å²) in [4.78, 5) is 1.32. The van der Waals surface area contributed by atoms with Crippen molar-refractivity contribution in [3.63, 3.8) is 0 Å². The molecule has 2 aromatic heterocycles. The highest BCUT2D eigenvalue weighted by Gasteiger charge is 2.17. The molecule has 0 aliphatic heterocycles. The predicted octanol–water partition coefficient (Wildman–Crippen LogP) is 3.33. The topological polar surface area (TPSA) is 29.9 Å². The van der Waals surface area contributed by atoms with Crippen LogP contribution in [0.2, 0.25) is 0 Å². The molecule has 4 heteroatoms. The third kappa shape index (κ3) is 2.41. The number of rotatable bonds is 4. The molecule has 0 radical (unpaired) electrons. The van der Waals surface area contributed by atoms with Gasteiger partial charge in [-0.1, -0.05) is 25.1 Å². The Kier molecular flexibility index (Phi) is 3.36. The molecule has 0 saturated heterocycles. The van der Waals surface area contributed by atoms with Crippen LogP contribution in [0.1, 0.15) is 23.5 Å². The minimum atomic E-state index is 0.184. The van der Waals surface area contributed by atoms with Crippen molar-refractivity contribution in [1.29, 1.82) is 0 Å². The van der Waals surface area contributed by atoms with Gasteiger partial charge in [-0.25, -0.2) is 0 Å². The highest BCUT2D eigenvalue weighted by atomic mass is 32.1. The summed E-state index contributed by atoms with van der Waals surface area (Å²) in [5.74, 6) is 0. The van der Waals surface area contributed by atoms with E-state index in [0.29, 0.717) is 0 Å². The van der Waals surface area contributed by atoms with Crippen molar-refractivity contribution in [3.05, 3.63) is 53.2 Å². The zero-order valence-corrected chi connectivity index (χ0v) is 11.9. The third-order valence-corrected chi connectivity index (χ3v) is 4.35. The van der Waals surface area contributed by atoms with Crippen LogP contribution in [0.15, 0.2) is 42.6 Å². The van der Waals surface area contributed by atoms with Gasteiger partial charge in [0.1, 0.15) is 0 Å². The molecule has 0 spiro atoms. The summed E-state index contributed by atoms with van der Waals surface area (Å²) in [6.07, 6.45) is 1.99. The Morgan fingerprint density at radius 2 is 2.16 bits per heavy atom. The van der Waals surface area contributed by atoms with Gasteiger partial charge in [0.2, 0.25) is 0 Å². The lowest BCUT2D eigenvalue weighted by atomic mass is 10.1. The average Bonchev–Trinajstić information content (AvgIpc) is 3.01. The molecular weight excluding hydrogens is 254 g/mol. The normalized spacial score (nSPS) is 12.9. The molecule has 0 saturated carbocycles. The number of fused-ring (bicyclic) bond motifs is 1. The second kappa shape index (κ2) is 5.15. The lowest BCUT2D eigenvalue weighted by Gasteiger charge is -2.13. The van der Waals surface area contributed by atoms with Crippen LogP contribution in [0, 0.1) is 0 Å². The molecule has 1 aromatic carbocycles. The van der Waals surface area contributed by atoms with Crippen molar-refractivity contribution < 1.29 is 0 Å². The number of nitrogens with zero attached hydrogens (tertiary/aromatic N) is 2. The van der Waals surface area contributed by atoms with Crippen molar-refractivity contribution in [3.8, 4) is 0 Å². The van der Waals surface area contributed by atoms with E-state index in [1.807, 2.05) is 29.3 Å². The first-order valence-electron chi connectivity index (χ1n) is 6.49. The SMILES string of the molecule is CCNC(c1ccn(C)n1)c1cc2ccccc2s1. The van der Waals surface area contributed by atoms with Gasteiger partial charge >= 0.3 is 0 Å². The van der Waals surface area contributed by atoms with Crippen molar-refractivity contribution in [2.45, 2.75) is 13.0 Å². The molecular formula is C15H17N3S. The maximum atomic E-state index is 4.54. The largest absolute Gasteiger partial charge is 0.305 e. The van der Waals surface area contributed by atoms with E-state index >= 15 is 0 Å². The maximum absolute atomic E-state index is 4.54. The van der Waals surface area contributed by atoms with E-state index in [1.165, 1.54) is 15.0 Å². The average molecular weight is 271 g/mol. The Morgan fingerprint density at radius 3 is 2.84 bits per heavy atom. The number of benzene rings is 1. The minimum Gasteiger partial charge on any atom is -0.305 e. The fraction of sp³-hybridized carbons (Fsp3) is 0.267. The molecule has 3 rings (SSSR count). The summed E-state index contributed by atoms with van der Waals surface area (Å²) < 4.78 is 3.18. The van der Waals surface area contributed by atoms with Gasteiger partial charge < -0.3 is 5.32 Å². The second-order valence-electron chi connectivity index (χ2n) is 4.59. The third-order valence-electron chi connectivity index (χ3n) is 3.17. The monoisotopic (exact) mass is 271 g/mol. The quantitative estimate of drug-likeness (QED) is 0.789. The molecule has 0 bridgehead atoms. The summed E-state index contributed by atoms with van der Waals surface area (Å²) in [7, 11) is 1.96. The highest BCUT2D eigenvalue weighted by Crippen LogP contribution is 2.32. The number of hydrogen-bond acceptors (Lipinski definition) is 3. The van der Waals surface area contributed by atoms with Gasteiger partial charge in [0.05, 0.1) is 11.7 Å². The van der Waals surface area contributed by atoms with Crippen molar-refractivity contribution >= 4 is 21.4 Å². The Balaban J connectivity index is 2.03.